The van der Waals surface area contributed by atoms with E-state index in [0.29, 0.717) is 37.0 Å². The maximum atomic E-state index is 13.1. The van der Waals surface area contributed by atoms with E-state index in [9.17, 15) is 9.18 Å². The molecule has 1 atom stereocenters. The van der Waals surface area contributed by atoms with Crippen LogP contribution in [-0.2, 0) is 11.2 Å². The summed E-state index contributed by atoms with van der Waals surface area (Å²) in [6.07, 6.45) is 3.68. The number of likely N-dealkylation sites (tertiary alicyclic amines) is 1. The van der Waals surface area contributed by atoms with Crippen molar-refractivity contribution in [2.45, 2.75) is 58.4 Å². The standard InChI is InChI=1S/C23H27FN6O2/c1-14(2)23-29-28-21(32-23)8-9-22(31)30-10-4-5-19(30)18-12-17(11-15(3)26-18)27-20-7-6-16(24)13-25-20/h6-7,11-14,19H,4-5,8-10H2,1-3H3,(H,25,26,27)/t19-/m1/s1. The zero-order valence-electron chi connectivity index (χ0n) is 18.5. The van der Waals surface area contributed by atoms with E-state index >= 15 is 0 Å². The van der Waals surface area contributed by atoms with Crippen molar-refractivity contribution in [3.63, 3.8) is 0 Å². The van der Waals surface area contributed by atoms with Gasteiger partial charge in [0.05, 0.1) is 17.9 Å². The number of anilines is 2. The number of carbonyl (C=O) groups excluding carboxylic acids is 1. The third-order valence-electron chi connectivity index (χ3n) is 5.42. The Bertz CT molecular complexity index is 1080. The molecule has 0 spiro atoms. The molecule has 1 N–H and O–H groups in total. The molecular weight excluding hydrogens is 411 g/mol. The van der Waals surface area contributed by atoms with Crippen molar-refractivity contribution in [3.05, 3.63) is 59.4 Å². The molecule has 3 aromatic rings. The van der Waals surface area contributed by atoms with Gasteiger partial charge >= 0.3 is 0 Å². The van der Waals surface area contributed by atoms with Crippen LogP contribution in [-0.4, -0.2) is 37.5 Å². The summed E-state index contributed by atoms with van der Waals surface area (Å²) in [4.78, 5) is 23.6. The summed E-state index contributed by atoms with van der Waals surface area (Å²) in [6, 6.07) is 6.69. The number of amides is 1. The highest BCUT2D eigenvalue weighted by molar-refractivity contribution is 5.77. The Balaban J connectivity index is 1.45. The monoisotopic (exact) mass is 438 g/mol. The smallest absolute Gasteiger partial charge is 0.223 e. The summed E-state index contributed by atoms with van der Waals surface area (Å²) in [6.45, 7) is 6.58. The van der Waals surface area contributed by atoms with E-state index in [2.05, 4.69) is 20.5 Å². The first-order valence-corrected chi connectivity index (χ1v) is 10.9. The van der Waals surface area contributed by atoms with Crippen LogP contribution in [0.4, 0.5) is 15.9 Å². The summed E-state index contributed by atoms with van der Waals surface area (Å²) in [7, 11) is 0. The van der Waals surface area contributed by atoms with Crippen molar-refractivity contribution < 1.29 is 13.6 Å². The van der Waals surface area contributed by atoms with Crippen LogP contribution in [0.15, 0.2) is 34.9 Å². The van der Waals surface area contributed by atoms with E-state index in [1.165, 1.54) is 12.3 Å². The van der Waals surface area contributed by atoms with Crippen molar-refractivity contribution in [2.24, 2.45) is 0 Å². The van der Waals surface area contributed by atoms with Gasteiger partial charge in [0.1, 0.15) is 11.6 Å². The number of nitrogens with one attached hydrogen (secondary N) is 1. The normalized spacial score (nSPS) is 16.0. The van der Waals surface area contributed by atoms with Crippen molar-refractivity contribution in [1.82, 2.24) is 25.1 Å². The number of pyridine rings is 2. The predicted molar refractivity (Wildman–Crippen MR) is 117 cm³/mol. The highest BCUT2D eigenvalue weighted by atomic mass is 19.1. The third-order valence-corrected chi connectivity index (χ3v) is 5.42. The average Bonchev–Trinajstić information content (AvgIpc) is 3.43. The predicted octanol–water partition coefficient (Wildman–Crippen LogP) is 4.47. The summed E-state index contributed by atoms with van der Waals surface area (Å²) >= 11 is 0. The van der Waals surface area contributed by atoms with Crippen LogP contribution in [0.2, 0.25) is 0 Å². The van der Waals surface area contributed by atoms with Gasteiger partial charge in [-0.1, -0.05) is 13.8 Å². The lowest BCUT2D eigenvalue weighted by Gasteiger charge is -2.25. The first-order valence-electron chi connectivity index (χ1n) is 10.9. The number of rotatable bonds is 7. The molecular formula is C23H27FN6O2. The molecule has 4 rings (SSSR count). The van der Waals surface area contributed by atoms with Crippen LogP contribution < -0.4 is 5.32 Å². The molecule has 0 saturated carbocycles. The number of aromatic nitrogens is 4. The van der Waals surface area contributed by atoms with E-state index in [4.69, 9.17) is 9.40 Å². The average molecular weight is 439 g/mol. The van der Waals surface area contributed by atoms with Crippen molar-refractivity contribution in [3.8, 4) is 0 Å². The number of nitrogens with zero attached hydrogens (tertiary/aromatic N) is 5. The molecule has 9 heteroatoms. The summed E-state index contributed by atoms with van der Waals surface area (Å²) in [5, 5.41) is 11.3. The Hall–Kier alpha value is -3.36. The number of hydrogen-bond donors (Lipinski definition) is 1. The van der Waals surface area contributed by atoms with E-state index in [1.54, 1.807) is 6.07 Å². The van der Waals surface area contributed by atoms with Crippen molar-refractivity contribution >= 4 is 17.4 Å². The topological polar surface area (TPSA) is 97.0 Å². The van der Waals surface area contributed by atoms with Gasteiger partial charge in [0.25, 0.3) is 0 Å². The quantitative estimate of drug-likeness (QED) is 0.581. The molecule has 32 heavy (non-hydrogen) atoms. The Morgan fingerprint density at radius 1 is 1.31 bits per heavy atom. The van der Waals surface area contributed by atoms with Crippen LogP contribution in [0, 0.1) is 12.7 Å². The first kappa shape index (κ1) is 21.9. The van der Waals surface area contributed by atoms with E-state index in [1.807, 2.05) is 37.8 Å². The minimum absolute atomic E-state index is 0.0508. The highest BCUT2D eigenvalue weighted by Gasteiger charge is 2.31. The second-order valence-corrected chi connectivity index (χ2v) is 8.34. The number of aryl methyl sites for hydroxylation is 2. The Morgan fingerprint density at radius 3 is 2.88 bits per heavy atom. The number of carbonyl (C=O) groups is 1. The van der Waals surface area contributed by atoms with Gasteiger partial charge in [-0.3, -0.25) is 9.78 Å². The highest BCUT2D eigenvalue weighted by Crippen LogP contribution is 2.33. The maximum absolute atomic E-state index is 13.1. The molecule has 1 aliphatic rings. The molecule has 0 radical (unpaired) electrons. The van der Waals surface area contributed by atoms with Crippen LogP contribution >= 0.6 is 0 Å². The second kappa shape index (κ2) is 9.42. The lowest BCUT2D eigenvalue weighted by molar-refractivity contribution is -0.132. The Kier molecular flexibility index (Phi) is 6.43. The molecule has 3 aromatic heterocycles. The van der Waals surface area contributed by atoms with Crippen LogP contribution in [0.25, 0.3) is 0 Å². The van der Waals surface area contributed by atoms with Crippen LogP contribution in [0.1, 0.15) is 68.2 Å². The molecule has 0 aliphatic carbocycles. The molecule has 0 unspecified atom stereocenters. The molecule has 1 amide bonds. The van der Waals surface area contributed by atoms with Gasteiger partial charge in [0.2, 0.25) is 17.7 Å². The fourth-order valence-electron chi connectivity index (χ4n) is 3.87. The van der Waals surface area contributed by atoms with E-state index < -0.39 is 0 Å². The summed E-state index contributed by atoms with van der Waals surface area (Å²) in [5.41, 5.74) is 2.47. The number of hydrogen-bond acceptors (Lipinski definition) is 7. The molecule has 168 valence electrons. The lowest BCUT2D eigenvalue weighted by Crippen LogP contribution is -2.31. The summed E-state index contributed by atoms with van der Waals surface area (Å²) in [5.74, 6) is 1.45. The zero-order chi connectivity index (χ0) is 22.7. The SMILES string of the molecule is Cc1cc(Nc2ccc(F)cn2)cc([C@H]2CCCN2C(=O)CCc2nnc(C(C)C)o2)n1. The minimum Gasteiger partial charge on any atom is -0.425 e. The maximum Gasteiger partial charge on any atom is 0.223 e. The Labute approximate surface area is 186 Å². The van der Waals surface area contributed by atoms with E-state index in [0.717, 1.165) is 29.9 Å². The van der Waals surface area contributed by atoms with Crippen molar-refractivity contribution in [2.75, 3.05) is 11.9 Å². The molecule has 0 bridgehead atoms. The van der Waals surface area contributed by atoms with Crippen molar-refractivity contribution in [1.29, 1.82) is 0 Å². The zero-order valence-corrected chi connectivity index (χ0v) is 18.5. The van der Waals surface area contributed by atoms with Gasteiger partial charge in [-0.25, -0.2) is 9.37 Å². The van der Waals surface area contributed by atoms with Gasteiger partial charge in [-0.2, -0.15) is 0 Å². The van der Waals surface area contributed by atoms with Gasteiger partial charge in [0.15, 0.2) is 0 Å². The minimum atomic E-state index is -0.386. The molecule has 0 aromatic carbocycles. The largest absolute Gasteiger partial charge is 0.425 e. The molecule has 1 aliphatic heterocycles. The van der Waals surface area contributed by atoms with Gasteiger partial charge in [0, 0.05) is 36.7 Å². The van der Waals surface area contributed by atoms with E-state index in [-0.39, 0.29) is 23.7 Å². The Morgan fingerprint density at radius 2 is 2.16 bits per heavy atom. The summed E-state index contributed by atoms with van der Waals surface area (Å²) < 4.78 is 18.8. The van der Waals surface area contributed by atoms with Gasteiger partial charge in [-0.15, -0.1) is 10.2 Å². The van der Waals surface area contributed by atoms with Crippen LogP contribution in [0.5, 0.6) is 0 Å². The first-order chi connectivity index (χ1) is 15.4. The molecule has 8 nitrogen and oxygen atoms in total. The number of halogens is 1. The lowest BCUT2D eigenvalue weighted by atomic mass is 10.1. The second-order valence-electron chi connectivity index (χ2n) is 8.34. The van der Waals surface area contributed by atoms with Crippen LogP contribution in [0.3, 0.4) is 0 Å². The fraction of sp³-hybridized carbons (Fsp3) is 0.435. The molecule has 1 saturated heterocycles. The van der Waals surface area contributed by atoms with Gasteiger partial charge < -0.3 is 14.6 Å². The molecule has 1 fully saturated rings. The fourth-order valence-corrected chi connectivity index (χ4v) is 3.87. The molecule has 4 heterocycles. The van der Waals surface area contributed by atoms with Gasteiger partial charge in [-0.05, 0) is 44.0 Å². The third kappa shape index (κ3) is 5.09.